The number of thioether (sulfide) groups is 1. The number of benzene rings is 1. The molecular weight excluding hydrogens is 525 g/mol. The van der Waals surface area contributed by atoms with Crippen molar-refractivity contribution < 1.29 is 13.2 Å². The van der Waals surface area contributed by atoms with E-state index in [1.54, 1.807) is 26.2 Å². The summed E-state index contributed by atoms with van der Waals surface area (Å²) in [5, 5.41) is 12.3. The highest BCUT2D eigenvalue weighted by Crippen LogP contribution is 2.28. The first-order valence-electron chi connectivity index (χ1n) is 9.08. The summed E-state index contributed by atoms with van der Waals surface area (Å²) < 4.78 is 22.7. The Labute approximate surface area is 194 Å². The molecule has 0 bridgehead atoms. The van der Waals surface area contributed by atoms with Crippen molar-refractivity contribution in [3.05, 3.63) is 29.8 Å². The number of aliphatic imine (C=N–C) groups is 1. The van der Waals surface area contributed by atoms with Gasteiger partial charge >= 0.3 is 0 Å². The Morgan fingerprint density at radius 3 is 2.45 bits per heavy atom. The van der Waals surface area contributed by atoms with Crippen LogP contribution in [0.3, 0.4) is 0 Å². The van der Waals surface area contributed by atoms with Crippen LogP contribution >= 0.6 is 35.7 Å². The highest BCUT2D eigenvalue weighted by molar-refractivity contribution is 14.0. The highest BCUT2D eigenvalue weighted by atomic mass is 127. The van der Waals surface area contributed by atoms with Crippen LogP contribution in [0.15, 0.2) is 34.2 Å². The number of nitrogens with two attached hydrogens (primary N) is 1. The number of nitrogens with one attached hydrogen (secondary N) is 2. The molecule has 8 nitrogen and oxygen atoms in total. The molecule has 4 N–H and O–H groups in total. The number of guanidine groups is 1. The van der Waals surface area contributed by atoms with E-state index in [2.05, 4.69) is 21.9 Å². The maximum atomic E-state index is 11.9. The van der Waals surface area contributed by atoms with E-state index >= 15 is 0 Å². The number of likely N-dealkylation sites (N-methyl/N-ethyl adjacent to an activating group) is 1. The minimum Gasteiger partial charge on any atom is -0.354 e. The van der Waals surface area contributed by atoms with E-state index in [0.717, 1.165) is 24.8 Å². The van der Waals surface area contributed by atoms with E-state index in [0.29, 0.717) is 23.8 Å². The molecule has 0 aliphatic heterocycles. The van der Waals surface area contributed by atoms with Crippen LogP contribution in [0.5, 0.6) is 0 Å². The first-order chi connectivity index (χ1) is 13.2. The summed E-state index contributed by atoms with van der Waals surface area (Å²) in [6, 6.07) is 6.63. The molecule has 1 amide bonds. The van der Waals surface area contributed by atoms with Crippen molar-refractivity contribution in [2.24, 2.45) is 10.1 Å². The number of carbonyl (C=O) groups excluding carboxylic acids is 1. The minimum absolute atomic E-state index is 0. The quantitative estimate of drug-likeness (QED) is 0.266. The number of sulfonamides is 1. The normalized spacial score (nSPS) is 19.4. The van der Waals surface area contributed by atoms with E-state index in [4.69, 9.17) is 5.14 Å². The van der Waals surface area contributed by atoms with Gasteiger partial charge in [0.15, 0.2) is 5.96 Å². The maximum Gasteiger partial charge on any atom is 0.241 e. The van der Waals surface area contributed by atoms with E-state index in [9.17, 15) is 13.2 Å². The zero-order valence-corrected chi connectivity index (χ0v) is 20.9. The molecule has 2 atom stereocenters. The zero-order chi connectivity index (χ0) is 20.7. The predicted molar refractivity (Wildman–Crippen MR) is 129 cm³/mol. The largest absolute Gasteiger partial charge is 0.354 e. The molecule has 0 aromatic heterocycles. The van der Waals surface area contributed by atoms with Gasteiger partial charge in [0.1, 0.15) is 0 Å². The third kappa shape index (κ3) is 8.69. The van der Waals surface area contributed by atoms with Gasteiger partial charge < -0.3 is 15.5 Å². The number of nitrogens with zero attached hydrogens (tertiary/aromatic N) is 2. The monoisotopic (exact) mass is 555 g/mol. The molecule has 1 aromatic rings. The molecule has 164 valence electrons. The standard InChI is InChI=1S/C18H29N5O3S2.HI/c1-23(2)17(24)12-21-18(22-14-6-7-15(10-14)27-3)20-11-13-4-8-16(9-5-13)28(19,25)26;/h4-5,8-9,14-15H,6-7,10-12H2,1-3H3,(H2,19,25,26)(H2,20,21,22);1H. The van der Waals surface area contributed by atoms with Gasteiger partial charge in [0, 0.05) is 25.4 Å². The van der Waals surface area contributed by atoms with Gasteiger partial charge in [-0.3, -0.25) is 4.79 Å². The van der Waals surface area contributed by atoms with Crippen LogP contribution in [-0.4, -0.2) is 63.4 Å². The van der Waals surface area contributed by atoms with E-state index < -0.39 is 10.0 Å². The molecule has 0 saturated heterocycles. The second kappa shape index (κ2) is 12.0. The lowest BCUT2D eigenvalue weighted by Gasteiger charge is -2.19. The Bertz CT molecular complexity index is 800. The van der Waals surface area contributed by atoms with Crippen LogP contribution in [0.2, 0.25) is 0 Å². The number of hydrogen-bond acceptors (Lipinski definition) is 5. The minimum atomic E-state index is -3.71. The third-order valence-electron chi connectivity index (χ3n) is 4.64. The summed E-state index contributed by atoms with van der Waals surface area (Å²) in [6.07, 6.45) is 5.42. The van der Waals surface area contributed by atoms with Gasteiger partial charge in [0.25, 0.3) is 0 Å². The van der Waals surface area contributed by atoms with Gasteiger partial charge in [0.05, 0.1) is 18.0 Å². The molecule has 2 unspecified atom stereocenters. The van der Waals surface area contributed by atoms with Crippen molar-refractivity contribution in [2.75, 3.05) is 26.9 Å². The van der Waals surface area contributed by atoms with Gasteiger partial charge in [-0.25, -0.2) is 18.5 Å². The van der Waals surface area contributed by atoms with Crippen molar-refractivity contribution >= 4 is 57.6 Å². The second-order valence-corrected chi connectivity index (χ2v) is 9.71. The lowest BCUT2D eigenvalue weighted by atomic mass is 10.2. The molecule has 1 saturated carbocycles. The number of rotatable bonds is 7. The fourth-order valence-electron chi connectivity index (χ4n) is 2.90. The maximum absolute atomic E-state index is 11.9. The molecule has 1 fully saturated rings. The predicted octanol–water partition coefficient (Wildman–Crippen LogP) is 1.36. The average molecular weight is 556 g/mol. The molecule has 29 heavy (non-hydrogen) atoms. The Hall–Kier alpha value is -1.05. The lowest BCUT2D eigenvalue weighted by Crippen LogP contribution is -2.46. The number of hydrogen-bond donors (Lipinski definition) is 3. The van der Waals surface area contributed by atoms with E-state index in [-0.39, 0.29) is 41.3 Å². The van der Waals surface area contributed by atoms with E-state index in [1.807, 2.05) is 11.8 Å². The van der Waals surface area contributed by atoms with Gasteiger partial charge in [-0.2, -0.15) is 11.8 Å². The smallest absolute Gasteiger partial charge is 0.241 e. The highest BCUT2D eigenvalue weighted by Gasteiger charge is 2.24. The van der Waals surface area contributed by atoms with Gasteiger partial charge in [-0.05, 0) is 43.2 Å². The molecular formula is C18H30IN5O3S2. The Morgan fingerprint density at radius 1 is 1.28 bits per heavy atom. The van der Waals surface area contributed by atoms with Crippen LogP contribution in [0.25, 0.3) is 0 Å². The summed E-state index contributed by atoms with van der Waals surface area (Å²) in [5.41, 5.74) is 0.848. The number of carbonyl (C=O) groups is 1. The van der Waals surface area contributed by atoms with Crippen molar-refractivity contribution in [3.63, 3.8) is 0 Å². The Morgan fingerprint density at radius 2 is 1.93 bits per heavy atom. The second-order valence-electron chi connectivity index (χ2n) is 7.01. The van der Waals surface area contributed by atoms with Crippen molar-refractivity contribution in [2.45, 2.75) is 42.0 Å². The Kier molecular flexibility index (Phi) is 10.7. The first kappa shape index (κ1) is 26.0. The first-order valence-corrected chi connectivity index (χ1v) is 11.9. The molecule has 2 rings (SSSR count). The third-order valence-corrected chi connectivity index (χ3v) is 6.66. The molecule has 1 aromatic carbocycles. The summed E-state index contributed by atoms with van der Waals surface area (Å²) in [6.45, 7) is 0.511. The van der Waals surface area contributed by atoms with Gasteiger partial charge in [-0.15, -0.1) is 24.0 Å². The average Bonchev–Trinajstić information content (AvgIpc) is 3.10. The number of primary sulfonamides is 1. The van der Waals surface area contributed by atoms with Crippen LogP contribution in [0.1, 0.15) is 24.8 Å². The van der Waals surface area contributed by atoms with Crippen molar-refractivity contribution in [1.82, 2.24) is 15.5 Å². The summed E-state index contributed by atoms with van der Waals surface area (Å²) >= 11 is 1.88. The summed E-state index contributed by atoms with van der Waals surface area (Å²) in [5.74, 6) is 0.540. The van der Waals surface area contributed by atoms with Crippen molar-refractivity contribution in [3.8, 4) is 0 Å². The molecule has 11 heteroatoms. The van der Waals surface area contributed by atoms with Crippen LogP contribution in [-0.2, 0) is 21.4 Å². The molecule has 0 heterocycles. The molecule has 0 spiro atoms. The molecule has 1 aliphatic carbocycles. The molecule has 0 radical (unpaired) electrons. The van der Waals surface area contributed by atoms with Crippen molar-refractivity contribution in [1.29, 1.82) is 0 Å². The van der Waals surface area contributed by atoms with Crippen LogP contribution in [0.4, 0.5) is 0 Å². The molecule has 1 aliphatic rings. The summed E-state index contributed by atoms with van der Waals surface area (Å²) in [4.78, 5) is 18.1. The number of halogens is 1. The van der Waals surface area contributed by atoms with Crippen LogP contribution < -0.4 is 15.8 Å². The zero-order valence-electron chi connectivity index (χ0n) is 16.9. The van der Waals surface area contributed by atoms with Gasteiger partial charge in [0.2, 0.25) is 15.9 Å². The number of amides is 1. The topological polar surface area (TPSA) is 117 Å². The van der Waals surface area contributed by atoms with Gasteiger partial charge in [-0.1, -0.05) is 12.1 Å². The lowest BCUT2D eigenvalue weighted by molar-refractivity contribution is -0.127. The fourth-order valence-corrected chi connectivity index (χ4v) is 4.22. The summed E-state index contributed by atoms with van der Waals surface area (Å²) in [7, 11) is -0.286. The fraction of sp³-hybridized carbons (Fsp3) is 0.556. The Balaban J connectivity index is 0.00000420. The SMILES string of the molecule is CSC1CCC(NC(=NCc2ccc(S(N)(=O)=O)cc2)NCC(=O)N(C)C)C1.I. The van der Waals surface area contributed by atoms with Crippen LogP contribution in [0, 0.1) is 0 Å². The van der Waals surface area contributed by atoms with E-state index in [1.165, 1.54) is 17.0 Å².